The van der Waals surface area contributed by atoms with Crippen molar-refractivity contribution in [3.63, 3.8) is 0 Å². The maximum atomic E-state index is 6.06. The van der Waals surface area contributed by atoms with Gasteiger partial charge in [-0.2, -0.15) is 5.10 Å². The van der Waals surface area contributed by atoms with E-state index in [9.17, 15) is 0 Å². The molecule has 0 radical (unpaired) electrons. The van der Waals surface area contributed by atoms with E-state index in [-0.39, 0.29) is 6.04 Å². The van der Waals surface area contributed by atoms with Gasteiger partial charge in [0.05, 0.1) is 12.2 Å². The van der Waals surface area contributed by atoms with E-state index >= 15 is 0 Å². The number of nitrogens with two attached hydrogens (primary N) is 1. The van der Waals surface area contributed by atoms with Crippen LogP contribution in [0.15, 0.2) is 36.7 Å². The third-order valence-electron chi connectivity index (χ3n) is 4.31. The van der Waals surface area contributed by atoms with Gasteiger partial charge in [-0.15, -0.1) is 0 Å². The Kier molecular flexibility index (Phi) is 4.36. The number of aryl methyl sites for hydroxylation is 1. The monoisotopic (exact) mass is 284 g/mol. The first-order valence-corrected chi connectivity index (χ1v) is 7.85. The smallest absolute Gasteiger partial charge is 0.0538 e. The molecule has 1 aliphatic heterocycles. The first kappa shape index (κ1) is 14.3. The molecular formula is C17H24N4. The van der Waals surface area contributed by atoms with Crippen molar-refractivity contribution in [3.05, 3.63) is 53.3 Å². The van der Waals surface area contributed by atoms with Gasteiger partial charge >= 0.3 is 0 Å². The molecule has 0 spiro atoms. The summed E-state index contributed by atoms with van der Waals surface area (Å²) in [6, 6.07) is 8.99. The maximum Gasteiger partial charge on any atom is 0.0538 e. The van der Waals surface area contributed by atoms with Gasteiger partial charge in [0.1, 0.15) is 0 Å². The Labute approximate surface area is 126 Å². The summed E-state index contributed by atoms with van der Waals surface area (Å²) in [5, 5.41) is 4.45. The van der Waals surface area contributed by atoms with Crippen LogP contribution in [0.1, 0.15) is 36.1 Å². The standard InChI is InChI=1S/C17H24N4/c1-2-8-21-13-16(11-19-21)17(10-18)20-9-7-14-5-3-4-6-15(14)12-20/h3-6,11,13,17H,2,7-10,12,18H2,1H3. The van der Waals surface area contributed by atoms with Crippen LogP contribution in [0.3, 0.4) is 0 Å². The predicted octanol–water partition coefficient (Wildman–Crippen LogP) is 2.35. The zero-order chi connectivity index (χ0) is 14.7. The molecule has 0 fully saturated rings. The molecule has 2 aromatic rings. The molecule has 1 aromatic carbocycles. The quantitative estimate of drug-likeness (QED) is 0.917. The van der Waals surface area contributed by atoms with E-state index in [0.29, 0.717) is 6.54 Å². The number of aromatic nitrogens is 2. The van der Waals surface area contributed by atoms with E-state index in [2.05, 4.69) is 47.4 Å². The highest BCUT2D eigenvalue weighted by molar-refractivity contribution is 5.29. The SMILES string of the molecule is CCCn1cc(C(CN)N2CCc3ccccc3C2)cn1. The zero-order valence-corrected chi connectivity index (χ0v) is 12.7. The minimum atomic E-state index is 0.268. The Bertz CT molecular complexity index is 590. The van der Waals surface area contributed by atoms with Gasteiger partial charge < -0.3 is 5.73 Å². The Morgan fingerprint density at radius 1 is 1.29 bits per heavy atom. The molecule has 1 aromatic heterocycles. The number of rotatable bonds is 5. The van der Waals surface area contributed by atoms with Crippen LogP contribution in [0.25, 0.3) is 0 Å². The summed E-state index contributed by atoms with van der Waals surface area (Å²) in [6.07, 6.45) is 6.34. The lowest BCUT2D eigenvalue weighted by molar-refractivity contribution is 0.183. The minimum Gasteiger partial charge on any atom is -0.329 e. The second kappa shape index (κ2) is 6.41. The minimum absolute atomic E-state index is 0.268. The molecule has 4 nitrogen and oxygen atoms in total. The third-order valence-corrected chi connectivity index (χ3v) is 4.31. The van der Waals surface area contributed by atoms with Crippen LogP contribution in [0.2, 0.25) is 0 Å². The van der Waals surface area contributed by atoms with E-state index in [4.69, 9.17) is 5.73 Å². The lowest BCUT2D eigenvalue weighted by atomic mass is 9.97. The number of hydrogen-bond donors (Lipinski definition) is 1. The summed E-state index contributed by atoms with van der Waals surface area (Å²) in [5.41, 5.74) is 10.2. The summed E-state index contributed by atoms with van der Waals surface area (Å²) in [7, 11) is 0. The molecule has 112 valence electrons. The molecule has 1 unspecified atom stereocenters. The first-order chi connectivity index (χ1) is 10.3. The van der Waals surface area contributed by atoms with Crippen LogP contribution in [-0.2, 0) is 19.5 Å². The molecule has 2 N–H and O–H groups in total. The number of fused-ring (bicyclic) bond motifs is 1. The van der Waals surface area contributed by atoms with E-state index < -0.39 is 0 Å². The van der Waals surface area contributed by atoms with E-state index in [1.807, 2.05) is 10.9 Å². The highest BCUT2D eigenvalue weighted by atomic mass is 15.3. The lowest BCUT2D eigenvalue weighted by Gasteiger charge is -2.34. The summed E-state index contributed by atoms with van der Waals surface area (Å²) in [5.74, 6) is 0. The summed E-state index contributed by atoms with van der Waals surface area (Å²) < 4.78 is 2.02. The van der Waals surface area contributed by atoms with Gasteiger partial charge in [0.2, 0.25) is 0 Å². The molecular weight excluding hydrogens is 260 g/mol. The van der Waals surface area contributed by atoms with Crippen molar-refractivity contribution in [2.24, 2.45) is 5.73 Å². The van der Waals surface area contributed by atoms with Crippen molar-refractivity contribution < 1.29 is 0 Å². The third kappa shape index (κ3) is 3.01. The fourth-order valence-electron chi connectivity index (χ4n) is 3.18. The van der Waals surface area contributed by atoms with E-state index in [1.165, 1.54) is 16.7 Å². The number of nitrogens with zero attached hydrogens (tertiary/aromatic N) is 3. The summed E-state index contributed by atoms with van der Waals surface area (Å²) in [4.78, 5) is 2.48. The van der Waals surface area contributed by atoms with Crippen LogP contribution in [0.4, 0.5) is 0 Å². The summed E-state index contributed by atoms with van der Waals surface area (Å²) >= 11 is 0. The van der Waals surface area contributed by atoms with Crippen LogP contribution in [0.5, 0.6) is 0 Å². The number of hydrogen-bond acceptors (Lipinski definition) is 3. The molecule has 1 aliphatic rings. The average molecular weight is 284 g/mol. The Morgan fingerprint density at radius 2 is 2.10 bits per heavy atom. The van der Waals surface area contributed by atoms with Gasteiger partial charge in [0.25, 0.3) is 0 Å². The highest BCUT2D eigenvalue weighted by Crippen LogP contribution is 2.27. The molecule has 1 atom stereocenters. The molecule has 3 rings (SSSR count). The van der Waals surface area contributed by atoms with Gasteiger partial charge in [-0.25, -0.2) is 0 Å². The Morgan fingerprint density at radius 3 is 2.86 bits per heavy atom. The van der Waals surface area contributed by atoms with Gasteiger partial charge in [-0.05, 0) is 24.0 Å². The van der Waals surface area contributed by atoms with Crippen molar-refractivity contribution in [1.82, 2.24) is 14.7 Å². The topological polar surface area (TPSA) is 47.1 Å². The molecule has 0 bridgehead atoms. The normalized spacial score (nSPS) is 16.7. The maximum absolute atomic E-state index is 6.06. The molecule has 21 heavy (non-hydrogen) atoms. The van der Waals surface area contributed by atoms with Crippen LogP contribution < -0.4 is 5.73 Å². The van der Waals surface area contributed by atoms with Crippen LogP contribution in [-0.4, -0.2) is 27.8 Å². The van der Waals surface area contributed by atoms with Crippen LogP contribution in [0, 0.1) is 0 Å². The van der Waals surface area contributed by atoms with Crippen molar-refractivity contribution >= 4 is 0 Å². The first-order valence-electron chi connectivity index (χ1n) is 7.85. The van der Waals surface area contributed by atoms with Gasteiger partial charge in [0, 0.05) is 37.9 Å². The fourth-order valence-corrected chi connectivity index (χ4v) is 3.18. The van der Waals surface area contributed by atoms with E-state index in [1.54, 1.807) is 0 Å². The predicted molar refractivity (Wildman–Crippen MR) is 84.9 cm³/mol. The fraction of sp³-hybridized carbons (Fsp3) is 0.471. The van der Waals surface area contributed by atoms with Gasteiger partial charge in [0.15, 0.2) is 0 Å². The molecule has 2 heterocycles. The molecule has 4 heteroatoms. The Balaban J connectivity index is 1.77. The lowest BCUT2D eigenvalue weighted by Crippen LogP contribution is -2.37. The molecule has 0 saturated heterocycles. The van der Waals surface area contributed by atoms with Crippen molar-refractivity contribution in [2.45, 2.75) is 38.9 Å². The average Bonchev–Trinajstić information content (AvgIpc) is 2.97. The highest BCUT2D eigenvalue weighted by Gasteiger charge is 2.24. The van der Waals surface area contributed by atoms with Crippen molar-refractivity contribution in [1.29, 1.82) is 0 Å². The molecule has 0 aliphatic carbocycles. The van der Waals surface area contributed by atoms with Crippen LogP contribution >= 0.6 is 0 Å². The summed E-state index contributed by atoms with van der Waals surface area (Å²) in [6.45, 7) is 5.83. The second-order valence-electron chi connectivity index (χ2n) is 5.78. The van der Waals surface area contributed by atoms with Crippen molar-refractivity contribution in [3.8, 4) is 0 Å². The van der Waals surface area contributed by atoms with Crippen molar-refractivity contribution in [2.75, 3.05) is 13.1 Å². The molecule has 0 saturated carbocycles. The largest absolute Gasteiger partial charge is 0.329 e. The van der Waals surface area contributed by atoms with Gasteiger partial charge in [-0.1, -0.05) is 31.2 Å². The van der Waals surface area contributed by atoms with E-state index in [0.717, 1.165) is 32.5 Å². The zero-order valence-electron chi connectivity index (χ0n) is 12.7. The van der Waals surface area contributed by atoms with Gasteiger partial charge in [-0.3, -0.25) is 9.58 Å². The molecule has 0 amide bonds. The second-order valence-corrected chi connectivity index (χ2v) is 5.78. The Hall–Kier alpha value is -1.65. The number of benzene rings is 1.